The van der Waals surface area contributed by atoms with Crippen molar-refractivity contribution in [2.45, 2.75) is 18.7 Å². The molecule has 32 heavy (non-hydrogen) atoms. The Kier molecular flexibility index (Phi) is 7.83. The summed E-state index contributed by atoms with van der Waals surface area (Å²) in [5.41, 5.74) is 0.721. The minimum absolute atomic E-state index is 0.0245. The van der Waals surface area contributed by atoms with Crippen LogP contribution >= 0.6 is 22.9 Å². The van der Waals surface area contributed by atoms with Crippen molar-refractivity contribution in [3.63, 3.8) is 0 Å². The molecule has 3 rings (SSSR count). The largest absolute Gasteiger partial charge is 0.327 e. The molecule has 0 atom stereocenters. The van der Waals surface area contributed by atoms with Gasteiger partial charge < -0.3 is 4.90 Å². The van der Waals surface area contributed by atoms with Gasteiger partial charge in [-0.1, -0.05) is 48.9 Å². The minimum Gasteiger partial charge on any atom is -0.303 e. The zero-order valence-corrected chi connectivity index (χ0v) is 20.0. The van der Waals surface area contributed by atoms with Crippen molar-refractivity contribution in [2.24, 2.45) is 0 Å². The summed E-state index contributed by atoms with van der Waals surface area (Å²) < 4.78 is 26.0. The van der Waals surface area contributed by atoms with Crippen LogP contribution in [0.25, 0.3) is 10.2 Å². The van der Waals surface area contributed by atoms with Crippen LogP contribution in [0.1, 0.15) is 24.2 Å². The average Bonchev–Trinajstić information content (AvgIpc) is 3.15. The summed E-state index contributed by atoms with van der Waals surface area (Å²) in [6.45, 7) is 6.02. The van der Waals surface area contributed by atoms with E-state index >= 15 is 0 Å². The highest BCUT2D eigenvalue weighted by molar-refractivity contribution is 7.91. The van der Waals surface area contributed by atoms with Gasteiger partial charge in [0.25, 0.3) is 5.91 Å². The summed E-state index contributed by atoms with van der Waals surface area (Å²) in [5.74, 6) is -0.618. The van der Waals surface area contributed by atoms with E-state index in [0.29, 0.717) is 16.8 Å². The highest BCUT2D eigenvalue weighted by atomic mass is 35.5. The van der Waals surface area contributed by atoms with E-state index in [1.165, 1.54) is 12.1 Å². The number of fused-ring (bicyclic) bond motifs is 1. The van der Waals surface area contributed by atoms with Crippen LogP contribution in [0.5, 0.6) is 0 Å². The molecule has 0 aliphatic carbocycles. The number of benzene rings is 2. The maximum absolute atomic E-state index is 12.7. The lowest BCUT2D eigenvalue weighted by Gasteiger charge is -2.17. The predicted molar refractivity (Wildman–Crippen MR) is 127 cm³/mol. The van der Waals surface area contributed by atoms with Gasteiger partial charge >= 0.3 is 6.03 Å². The molecule has 3 amide bonds. The summed E-state index contributed by atoms with van der Waals surface area (Å²) in [5, 5.41) is 5.17. The van der Waals surface area contributed by atoms with Crippen LogP contribution in [0.3, 0.4) is 0 Å². The number of anilines is 1. The first kappa shape index (κ1) is 24.1. The summed E-state index contributed by atoms with van der Waals surface area (Å²) in [6, 6.07) is 10.3. The number of amides is 3. The van der Waals surface area contributed by atoms with Crippen LogP contribution < -0.4 is 10.6 Å². The van der Waals surface area contributed by atoms with E-state index in [9.17, 15) is 18.0 Å². The van der Waals surface area contributed by atoms with E-state index in [0.717, 1.165) is 24.4 Å². The molecule has 0 bridgehead atoms. The third-order valence-electron chi connectivity index (χ3n) is 4.86. The summed E-state index contributed by atoms with van der Waals surface area (Å²) >= 11 is 7.09. The van der Waals surface area contributed by atoms with Gasteiger partial charge in [-0.3, -0.25) is 15.4 Å². The summed E-state index contributed by atoms with van der Waals surface area (Å²) in [4.78, 5) is 30.9. The van der Waals surface area contributed by atoms with Crippen molar-refractivity contribution < 1.29 is 18.0 Å². The monoisotopic (exact) mass is 494 g/mol. The molecule has 0 saturated heterocycles. The predicted octanol–water partition coefficient (Wildman–Crippen LogP) is 4.03. The molecular formula is C21H23ClN4O4S2. The Morgan fingerprint density at radius 1 is 1.12 bits per heavy atom. The van der Waals surface area contributed by atoms with Crippen molar-refractivity contribution >= 4 is 60.1 Å². The van der Waals surface area contributed by atoms with Crippen LogP contribution in [-0.4, -0.2) is 55.6 Å². The number of imide groups is 1. The summed E-state index contributed by atoms with van der Waals surface area (Å²) in [6.07, 6.45) is 0. The lowest BCUT2D eigenvalue weighted by atomic mass is 10.2. The first-order valence-corrected chi connectivity index (χ1v) is 12.8. The molecule has 0 radical (unpaired) electrons. The number of aromatic nitrogens is 1. The van der Waals surface area contributed by atoms with E-state index in [2.05, 4.69) is 15.6 Å². The Morgan fingerprint density at radius 2 is 1.84 bits per heavy atom. The Morgan fingerprint density at radius 3 is 2.53 bits per heavy atom. The normalized spacial score (nSPS) is 11.6. The molecular weight excluding hydrogens is 472 g/mol. The molecule has 2 N–H and O–H groups in total. The van der Waals surface area contributed by atoms with E-state index in [1.54, 1.807) is 30.3 Å². The zero-order chi connectivity index (χ0) is 23.3. The van der Waals surface area contributed by atoms with Gasteiger partial charge in [0.1, 0.15) is 0 Å². The summed E-state index contributed by atoms with van der Waals surface area (Å²) in [7, 11) is -3.45. The maximum atomic E-state index is 12.7. The number of thiazole rings is 1. The number of hydrogen-bond donors (Lipinski definition) is 2. The zero-order valence-electron chi connectivity index (χ0n) is 17.6. The first-order chi connectivity index (χ1) is 15.2. The van der Waals surface area contributed by atoms with Gasteiger partial charge in [-0.15, -0.1) is 0 Å². The molecule has 1 heterocycles. The van der Waals surface area contributed by atoms with E-state index in [1.807, 2.05) is 18.7 Å². The third kappa shape index (κ3) is 5.83. The van der Waals surface area contributed by atoms with Crippen LogP contribution in [0.4, 0.5) is 9.93 Å². The Hall–Kier alpha value is -2.53. The Balaban J connectivity index is 1.70. The van der Waals surface area contributed by atoms with Crippen LogP contribution in [0.15, 0.2) is 47.4 Å². The Labute approximate surface area is 195 Å². The van der Waals surface area contributed by atoms with Gasteiger partial charge in [0.15, 0.2) is 15.0 Å². The fraction of sp³-hybridized carbons (Fsp3) is 0.286. The number of hydrogen-bond acceptors (Lipinski definition) is 7. The standard InChI is InChI=1S/C21H23ClN4O4S2/c1-3-26(4-2)11-12-32(29,30)14-9-10-17-18(13-14)31-21(23-17)25-20(28)24-19(27)15-7-5-6-8-16(15)22/h5-10,13H,3-4,11-12H2,1-2H3,(H2,23,24,25,27,28). The molecule has 0 aliphatic rings. The average molecular weight is 495 g/mol. The number of urea groups is 1. The van der Waals surface area contributed by atoms with Gasteiger partial charge in [-0.05, 0) is 43.4 Å². The highest BCUT2D eigenvalue weighted by Gasteiger charge is 2.18. The highest BCUT2D eigenvalue weighted by Crippen LogP contribution is 2.28. The van der Waals surface area contributed by atoms with Crippen LogP contribution in [0, 0.1) is 0 Å². The van der Waals surface area contributed by atoms with Crippen LogP contribution in [0.2, 0.25) is 5.02 Å². The van der Waals surface area contributed by atoms with Gasteiger partial charge in [0.05, 0.1) is 31.5 Å². The molecule has 2 aromatic carbocycles. The molecule has 0 aliphatic heterocycles. The second-order valence-electron chi connectivity index (χ2n) is 6.88. The fourth-order valence-electron chi connectivity index (χ4n) is 3.00. The topological polar surface area (TPSA) is 108 Å². The molecule has 0 spiro atoms. The lowest BCUT2D eigenvalue weighted by Crippen LogP contribution is -2.34. The molecule has 8 nitrogen and oxygen atoms in total. The molecule has 0 unspecified atom stereocenters. The number of carbonyl (C=O) groups is 2. The van der Waals surface area contributed by atoms with Gasteiger partial charge in [-0.2, -0.15) is 0 Å². The number of halogens is 1. The number of nitrogens with zero attached hydrogens (tertiary/aromatic N) is 2. The van der Waals surface area contributed by atoms with Crippen LogP contribution in [-0.2, 0) is 9.84 Å². The maximum Gasteiger partial charge on any atom is 0.327 e. The smallest absolute Gasteiger partial charge is 0.303 e. The second kappa shape index (κ2) is 10.4. The molecule has 0 fully saturated rings. The van der Waals surface area contributed by atoms with Gasteiger partial charge in [0, 0.05) is 6.54 Å². The number of carbonyl (C=O) groups excluding carboxylic acids is 2. The van der Waals surface area contributed by atoms with E-state index in [-0.39, 0.29) is 26.4 Å². The molecule has 1 aromatic heterocycles. The lowest BCUT2D eigenvalue weighted by molar-refractivity contribution is 0.0967. The van der Waals surface area contributed by atoms with Crippen molar-refractivity contribution in [2.75, 3.05) is 30.7 Å². The van der Waals surface area contributed by atoms with Crippen molar-refractivity contribution in [3.05, 3.63) is 53.1 Å². The van der Waals surface area contributed by atoms with Crippen molar-refractivity contribution in [1.29, 1.82) is 0 Å². The first-order valence-electron chi connectivity index (χ1n) is 9.96. The molecule has 11 heteroatoms. The van der Waals surface area contributed by atoms with E-state index < -0.39 is 21.8 Å². The van der Waals surface area contributed by atoms with E-state index in [4.69, 9.17) is 11.6 Å². The molecule has 170 valence electrons. The van der Waals surface area contributed by atoms with Gasteiger partial charge in [0.2, 0.25) is 0 Å². The van der Waals surface area contributed by atoms with Crippen molar-refractivity contribution in [1.82, 2.24) is 15.2 Å². The number of sulfone groups is 1. The second-order valence-corrected chi connectivity index (χ2v) is 10.4. The minimum atomic E-state index is -3.45. The SMILES string of the molecule is CCN(CC)CCS(=O)(=O)c1ccc2nc(NC(=O)NC(=O)c3ccccc3Cl)sc2c1. The molecule has 0 saturated carbocycles. The number of nitrogens with one attached hydrogen (secondary N) is 2. The number of rotatable bonds is 8. The third-order valence-corrected chi connectivity index (χ3v) is 7.81. The quantitative estimate of drug-likeness (QED) is 0.489. The fourth-order valence-corrected chi connectivity index (χ4v) is 5.51. The van der Waals surface area contributed by atoms with Gasteiger partial charge in [-0.25, -0.2) is 18.2 Å². The molecule has 3 aromatic rings. The Bertz CT molecular complexity index is 1240. The van der Waals surface area contributed by atoms with Crippen molar-refractivity contribution in [3.8, 4) is 0 Å².